The van der Waals surface area contributed by atoms with Crippen LogP contribution in [-0.2, 0) is 19.6 Å². The van der Waals surface area contributed by atoms with Crippen molar-refractivity contribution in [2.75, 3.05) is 26.0 Å². The number of benzene rings is 4. The molecule has 0 aliphatic rings. The summed E-state index contributed by atoms with van der Waals surface area (Å²) in [6.07, 6.45) is -0.164. The Balaban J connectivity index is 1.48. The van der Waals surface area contributed by atoms with Crippen molar-refractivity contribution in [2.45, 2.75) is 31.7 Å². The van der Waals surface area contributed by atoms with Gasteiger partial charge in [-0.25, -0.2) is 0 Å². The van der Waals surface area contributed by atoms with Crippen LogP contribution in [0.4, 0.5) is 5.69 Å². The molecular formula is C32H36N2O4. The number of nitrogens with zero attached hydrogens (tertiary/aromatic N) is 1. The van der Waals surface area contributed by atoms with Gasteiger partial charge < -0.3 is 25.4 Å². The Bertz CT molecular complexity index is 1250. The minimum atomic E-state index is -0.797. The zero-order valence-corrected chi connectivity index (χ0v) is 21.7. The van der Waals surface area contributed by atoms with E-state index in [2.05, 4.69) is 17.0 Å². The first kappa shape index (κ1) is 27.2. The van der Waals surface area contributed by atoms with Gasteiger partial charge in [-0.05, 0) is 52.9 Å². The predicted molar refractivity (Wildman–Crippen MR) is 151 cm³/mol. The number of ether oxygens (including phenoxy) is 2. The third-order valence-electron chi connectivity index (χ3n) is 6.65. The van der Waals surface area contributed by atoms with Crippen LogP contribution in [0.2, 0.25) is 0 Å². The van der Waals surface area contributed by atoms with E-state index in [1.807, 2.05) is 78.9 Å². The predicted octanol–water partition coefficient (Wildman–Crippen LogP) is 5.00. The third kappa shape index (κ3) is 7.59. The van der Waals surface area contributed by atoms with Gasteiger partial charge in [-0.3, -0.25) is 4.90 Å². The number of aliphatic hydroxyl groups excluding tert-OH is 2. The molecule has 198 valence electrons. The third-order valence-corrected chi connectivity index (χ3v) is 6.65. The van der Waals surface area contributed by atoms with E-state index < -0.39 is 6.10 Å². The highest BCUT2D eigenvalue weighted by Crippen LogP contribution is 2.28. The normalized spacial score (nSPS) is 12.7. The average molecular weight is 513 g/mol. The standard InChI is InChI=1S/C32H36N2O4/c1-37-29-15-12-24(13-16-29)18-28(22-35)34(20-25-8-4-2-5-9-25)21-31(36)27-14-17-32(30(33)19-27)38-23-26-10-6-3-7-11-26/h2-17,19,28,31,35-36H,18,20-23,33H2,1H3/t28-,31+/m0/s1. The lowest BCUT2D eigenvalue weighted by Gasteiger charge is -2.32. The minimum Gasteiger partial charge on any atom is -0.497 e. The molecule has 0 aromatic heterocycles. The fraction of sp³-hybridized carbons (Fsp3) is 0.250. The summed E-state index contributed by atoms with van der Waals surface area (Å²) in [5, 5.41) is 21.6. The van der Waals surface area contributed by atoms with Gasteiger partial charge in [0.1, 0.15) is 18.1 Å². The van der Waals surface area contributed by atoms with E-state index in [-0.39, 0.29) is 12.6 Å². The molecule has 2 atom stereocenters. The molecule has 4 rings (SSSR count). The van der Waals surface area contributed by atoms with Gasteiger partial charge in [0.15, 0.2) is 0 Å². The molecule has 4 aromatic rings. The second kappa shape index (κ2) is 13.6. The molecule has 0 spiro atoms. The van der Waals surface area contributed by atoms with E-state index in [0.717, 1.165) is 22.4 Å². The van der Waals surface area contributed by atoms with Crippen molar-refractivity contribution < 1.29 is 19.7 Å². The van der Waals surface area contributed by atoms with E-state index in [4.69, 9.17) is 15.2 Å². The number of hydrogen-bond donors (Lipinski definition) is 3. The van der Waals surface area contributed by atoms with E-state index >= 15 is 0 Å². The summed E-state index contributed by atoms with van der Waals surface area (Å²) in [5.74, 6) is 1.37. The molecule has 0 amide bonds. The number of hydrogen-bond acceptors (Lipinski definition) is 6. The highest BCUT2D eigenvalue weighted by atomic mass is 16.5. The van der Waals surface area contributed by atoms with Crippen LogP contribution in [0, 0.1) is 0 Å². The summed E-state index contributed by atoms with van der Waals surface area (Å²) in [7, 11) is 1.64. The van der Waals surface area contributed by atoms with Gasteiger partial charge in [0, 0.05) is 19.1 Å². The van der Waals surface area contributed by atoms with Gasteiger partial charge >= 0.3 is 0 Å². The van der Waals surface area contributed by atoms with Crippen LogP contribution in [0.25, 0.3) is 0 Å². The lowest BCUT2D eigenvalue weighted by Crippen LogP contribution is -2.41. The van der Waals surface area contributed by atoms with Crippen molar-refractivity contribution in [3.63, 3.8) is 0 Å². The summed E-state index contributed by atoms with van der Waals surface area (Å²) in [6.45, 7) is 1.30. The smallest absolute Gasteiger partial charge is 0.142 e. The maximum absolute atomic E-state index is 11.2. The number of anilines is 1. The summed E-state index contributed by atoms with van der Waals surface area (Å²) in [6, 6.07) is 33.1. The van der Waals surface area contributed by atoms with Crippen molar-refractivity contribution in [1.82, 2.24) is 4.90 Å². The van der Waals surface area contributed by atoms with Crippen LogP contribution in [0.3, 0.4) is 0 Å². The summed E-state index contributed by atoms with van der Waals surface area (Å²) >= 11 is 0. The second-order valence-electron chi connectivity index (χ2n) is 9.39. The molecule has 4 aromatic carbocycles. The van der Waals surface area contributed by atoms with Gasteiger partial charge in [0.25, 0.3) is 0 Å². The van der Waals surface area contributed by atoms with Gasteiger partial charge in [-0.1, -0.05) is 78.9 Å². The molecule has 0 fully saturated rings. The van der Waals surface area contributed by atoms with Crippen molar-refractivity contribution >= 4 is 5.69 Å². The Kier molecular flexibility index (Phi) is 9.76. The zero-order valence-electron chi connectivity index (χ0n) is 21.7. The van der Waals surface area contributed by atoms with Crippen LogP contribution in [0.1, 0.15) is 28.4 Å². The SMILES string of the molecule is COc1ccc(C[C@@H](CO)N(Cc2ccccc2)C[C@@H](O)c2ccc(OCc3ccccc3)c(N)c2)cc1. The Labute approximate surface area is 224 Å². The van der Waals surface area contributed by atoms with Crippen LogP contribution in [0.5, 0.6) is 11.5 Å². The number of nitrogen functional groups attached to an aromatic ring is 1. The maximum Gasteiger partial charge on any atom is 0.142 e. The maximum atomic E-state index is 11.2. The second-order valence-corrected chi connectivity index (χ2v) is 9.39. The molecule has 38 heavy (non-hydrogen) atoms. The lowest BCUT2D eigenvalue weighted by atomic mass is 10.0. The molecule has 6 nitrogen and oxygen atoms in total. The Hall–Kier alpha value is -3.84. The fourth-order valence-electron chi connectivity index (χ4n) is 4.47. The minimum absolute atomic E-state index is 0.0417. The number of methoxy groups -OCH3 is 1. The van der Waals surface area contributed by atoms with E-state index in [0.29, 0.717) is 43.1 Å². The Morgan fingerprint density at radius 3 is 2.08 bits per heavy atom. The molecule has 0 aliphatic carbocycles. The quantitative estimate of drug-likeness (QED) is 0.219. The van der Waals surface area contributed by atoms with E-state index in [1.165, 1.54) is 0 Å². The van der Waals surface area contributed by atoms with Gasteiger partial charge in [-0.15, -0.1) is 0 Å². The van der Waals surface area contributed by atoms with Crippen molar-refractivity contribution in [3.05, 3.63) is 125 Å². The lowest BCUT2D eigenvalue weighted by molar-refractivity contribution is 0.0566. The monoisotopic (exact) mass is 512 g/mol. The van der Waals surface area contributed by atoms with Gasteiger partial charge in [0.05, 0.1) is 25.5 Å². The van der Waals surface area contributed by atoms with Crippen molar-refractivity contribution in [2.24, 2.45) is 0 Å². The van der Waals surface area contributed by atoms with Crippen molar-refractivity contribution in [1.29, 1.82) is 0 Å². The molecule has 0 saturated heterocycles. The Morgan fingerprint density at radius 2 is 1.47 bits per heavy atom. The van der Waals surface area contributed by atoms with Gasteiger partial charge in [-0.2, -0.15) is 0 Å². The van der Waals surface area contributed by atoms with E-state index in [9.17, 15) is 10.2 Å². The summed E-state index contributed by atoms with van der Waals surface area (Å²) in [5.41, 5.74) is 10.7. The van der Waals surface area contributed by atoms with Crippen LogP contribution in [0.15, 0.2) is 103 Å². The molecule has 0 radical (unpaired) electrons. The molecule has 0 saturated carbocycles. The molecule has 6 heteroatoms. The number of rotatable bonds is 13. The highest BCUT2D eigenvalue weighted by molar-refractivity contribution is 5.54. The average Bonchev–Trinajstić information content (AvgIpc) is 2.96. The van der Waals surface area contributed by atoms with Crippen LogP contribution in [-0.4, -0.2) is 41.4 Å². The fourth-order valence-corrected chi connectivity index (χ4v) is 4.47. The van der Waals surface area contributed by atoms with Gasteiger partial charge in [0.2, 0.25) is 0 Å². The highest BCUT2D eigenvalue weighted by Gasteiger charge is 2.23. The molecular weight excluding hydrogens is 476 g/mol. The first-order chi connectivity index (χ1) is 18.6. The molecule has 0 unspecified atom stereocenters. The van der Waals surface area contributed by atoms with Crippen molar-refractivity contribution in [3.8, 4) is 11.5 Å². The van der Waals surface area contributed by atoms with Crippen LogP contribution < -0.4 is 15.2 Å². The number of nitrogens with two attached hydrogens (primary N) is 1. The molecule has 0 bridgehead atoms. The molecule has 0 aliphatic heterocycles. The topological polar surface area (TPSA) is 88.2 Å². The Morgan fingerprint density at radius 1 is 0.816 bits per heavy atom. The summed E-state index contributed by atoms with van der Waals surface area (Å²) in [4.78, 5) is 2.13. The zero-order chi connectivity index (χ0) is 26.7. The first-order valence-electron chi connectivity index (χ1n) is 12.8. The molecule has 4 N–H and O–H groups in total. The number of aliphatic hydroxyl groups is 2. The first-order valence-corrected chi connectivity index (χ1v) is 12.8. The van der Waals surface area contributed by atoms with Crippen LogP contribution >= 0.6 is 0 Å². The van der Waals surface area contributed by atoms with E-state index in [1.54, 1.807) is 19.2 Å². The molecule has 0 heterocycles. The summed E-state index contributed by atoms with van der Waals surface area (Å²) < 4.78 is 11.2. The largest absolute Gasteiger partial charge is 0.497 e.